The number of aromatic carboxylic acids is 1. The van der Waals surface area contributed by atoms with Gasteiger partial charge in [-0.2, -0.15) is 5.26 Å². The number of halogens is 1. The summed E-state index contributed by atoms with van der Waals surface area (Å²) in [6.07, 6.45) is 0.403. The van der Waals surface area contributed by atoms with Gasteiger partial charge in [0, 0.05) is 6.42 Å². The number of aryl methyl sites for hydroxylation is 1. The highest BCUT2D eigenvalue weighted by molar-refractivity contribution is 5.83. The molecule has 2 aromatic rings. The molecule has 7 heteroatoms. The van der Waals surface area contributed by atoms with Gasteiger partial charge in [0.2, 0.25) is 0 Å². The largest absolute Gasteiger partial charge is 0.475 e. The van der Waals surface area contributed by atoms with Crippen LogP contribution in [0.5, 0.6) is 0 Å². The van der Waals surface area contributed by atoms with Crippen LogP contribution in [0.1, 0.15) is 28.9 Å². The molecule has 1 heterocycles. The number of nitriles is 1. The standard InChI is InChI=1S/C12H9FN4O2/c1-2-10-15-11(12(18)19)16-17(10)9-4-3-7(6-14)5-8(9)13/h3-5H,2H2,1H3,(H,18,19). The zero-order valence-electron chi connectivity index (χ0n) is 9.96. The van der Waals surface area contributed by atoms with Crippen LogP contribution in [0.25, 0.3) is 5.69 Å². The van der Waals surface area contributed by atoms with Crippen molar-refractivity contribution in [1.29, 1.82) is 5.26 Å². The fourth-order valence-electron chi connectivity index (χ4n) is 1.60. The minimum atomic E-state index is -1.28. The number of aromatic nitrogens is 3. The molecule has 0 bridgehead atoms. The molecule has 0 spiro atoms. The lowest BCUT2D eigenvalue weighted by Gasteiger charge is -2.05. The van der Waals surface area contributed by atoms with E-state index in [9.17, 15) is 9.18 Å². The van der Waals surface area contributed by atoms with E-state index in [4.69, 9.17) is 10.4 Å². The third-order valence-electron chi connectivity index (χ3n) is 2.49. The van der Waals surface area contributed by atoms with E-state index in [0.29, 0.717) is 12.2 Å². The Hall–Kier alpha value is -2.75. The number of carbonyl (C=O) groups is 1. The van der Waals surface area contributed by atoms with E-state index in [0.717, 1.165) is 10.7 Å². The number of benzene rings is 1. The molecule has 0 aliphatic heterocycles. The van der Waals surface area contributed by atoms with Gasteiger partial charge in [-0.25, -0.2) is 18.9 Å². The van der Waals surface area contributed by atoms with Crippen LogP contribution in [-0.2, 0) is 6.42 Å². The molecule has 1 aromatic heterocycles. The average molecular weight is 260 g/mol. The highest BCUT2D eigenvalue weighted by atomic mass is 19.1. The fraction of sp³-hybridized carbons (Fsp3) is 0.167. The molecule has 0 saturated carbocycles. The van der Waals surface area contributed by atoms with Gasteiger partial charge in [0.15, 0.2) is 0 Å². The van der Waals surface area contributed by atoms with E-state index in [-0.39, 0.29) is 17.1 Å². The lowest BCUT2D eigenvalue weighted by molar-refractivity contribution is 0.0683. The van der Waals surface area contributed by atoms with Crippen LogP contribution in [0.15, 0.2) is 18.2 Å². The first-order valence-electron chi connectivity index (χ1n) is 5.46. The summed E-state index contributed by atoms with van der Waals surface area (Å²) < 4.78 is 15.0. The second kappa shape index (κ2) is 4.86. The third kappa shape index (κ3) is 2.28. The van der Waals surface area contributed by atoms with Crippen molar-refractivity contribution in [2.24, 2.45) is 0 Å². The molecule has 0 aliphatic rings. The van der Waals surface area contributed by atoms with Crippen molar-refractivity contribution in [3.05, 3.63) is 41.2 Å². The van der Waals surface area contributed by atoms with Gasteiger partial charge in [-0.15, -0.1) is 5.10 Å². The summed E-state index contributed by atoms with van der Waals surface area (Å²) >= 11 is 0. The van der Waals surface area contributed by atoms with Crippen molar-refractivity contribution in [2.45, 2.75) is 13.3 Å². The maximum absolute atomic E-state index is 13.9. The first-order valence-corrected chi connectivity index (χ1v) is 5.46. The minimum absolute atomic E-state index is 0.0656. The van der Waals surface area contributed by atoms with E-state index in [2.05, 4.69) is 10.1 Å². The Morgan fingerprint density at radius 1 is 1.58 bits per heavy atom. The third-order valence-corrected chi connectivity index (χ3v) is 2.49. The predicted octanol–water partition coefficient (Wildman–Crippen LogP) is 1.54. The maximum Gasteiger partial charge on any atom is 0.375 e. The monoisotopic (exact) mass is 260 g/mol. The zero-order chi connectivity index (χ0) is 14.0. The molecule has 0 unspecified atom stereocenters. The fourth-order valence-corrected chi connectivity index (χ4v) is 1.60. The average Bonchev–Trinajstić information content (AvgIpc) is 2.82. The van der Waals surface area contributed by atoms with Crippen molar-refractivity contribution in [2.75, 3.05) is 0 Å². The van der Waals surface area contributed by atoms with Gasteiger partial charge in [-0.1, -0.05) is 6.92 Å². The first kappa shape index (κ1) is 12.7. The van der Waals surface area contributed by atoms with Gasteiger partial charge < -0.3 is 5.11 Å². The van der Waals surface area contributed by atoms with E-state index < -0.39 is 11.8 Å². The van der Waals surface area contributed by atoms with Crippen molar-refractivity contribution < 1.29 is 14.3 Å². The van der Waals surface area contributed by atoms with Gasteiger partial charge in [0.05, 0.1) is 11.6 Å². The zero-order valence-corrected chi connectivity index (χ0v) is 9.96. The Kier molecular flexibility index (Phi) is 3.25. The van der Waals surface area contributed by atoms with Crippen LogP contribution < -0.4 is 0 Å². The number of rotatable bonds is 3. The topological polar surface area (TPSA) is 91.8 Å². The summed E-state index contributed by atoms with van der Waals surface area (Å²) in [7, 11) is 0. The second-order valence-corrected chi connectivity index (χ2v) is 3.70. The second-order valence-electron chi connectivity index (χ2n) is 3.70. The summed E-state index contributed by atoms with van der Waals surface area (Å²) in [6, 6.07) is 5.68. The van der Waals surface area contributed by atoms with Crippen LogP contribution >= 0.6 is 0 Å². The molecule has 19 heavy (non-hydrogen) atoms. The minimum Gasteiger partial charge on any atom is -0.475 e. The molecule has 1 N–H and O–H groups in total. The van der Waals surface area contributed by atoms with E-state index in [1.54, 1.807) is 6.92 Å². The SMILES string of the molecule is CCc1nc(C(=O)O)nn1-c1ccc(C#N)cc1F. The Labute approximate surface area is 107 Å². The summed E-state index contributed by atoms with van der Waals surface area (Å²) in [6.45, 7) is 1.76. The number of nitrogens with zero attached hydrogens (tertiary/aromatic N) is 4. The van der Waals surface area contributed by atoms with E-state index in [1.807, 2.05) is 6.07 Å². The van der Waals surface area contributed by atoms with Crippen molar-refractivity contribution in [3.63, 3.8) is 0 Å². The molecule has 0 fully saturated rings. The summed E-state index contributed by atoms with van der Waals surface area (Å²) in [4.78, 5) is 14.6. The lowest BCUT2D eigenvalue weighted by atomic mass is 10.2. The number of hydrogen-bond donors (Lipinski definition) is 1. The predicted molar refractivity (Wildman–Crippen MR) is 62.4 cm³/mol. The van der Waals surface area contributed by atoms with Crippen LogP contribution in [0.3, 0.4) is 0 Å². The van der Waals surface area contributed by atoms with Gasteiger partial charge >= 0.3 is 5.97 Å². The molecule has 0 saturated heterocycles. The van der Waals surface area contributed by atoms with Crippen LogP contribution in [0, 0.1) is 17.1 Å². The molecule has 96 valence electrons. The van der Waals surface area contributed by atoms with Crippen LogP contribution in [-0.4, -0.2) is 25.8 Å². The highest BCUT2D eigenvalue weighted by Crippen LogP contribution is 2.16. The molecule has 0 aliphatic carbocycles. The number of carboxylic acid groups (broad SMARTS) is 1. The van der Waals surface area contributed by atoms with Crippen molar-refractivity contribution in [3.8, 4) is 11.8 Å². The summed E-state index contributed by atoms with van der Waals surface area (Å²) in [5.41, 5.74) is 0.244. The quantitative estimate of drug-likeness (QED) is 0.903. The molecule has 0 radical (unpaired) electrons. The molecule has 0 atom stereocenters. The normalized spacial score (nSPS) is 10.2. The molecular formula is C12H9FN4O2. The van der Waals surface area contributed by atoms with Gasteiger partial charge in [-0.05, 0) is 18.2 Å². The molecule has 6 nitrogen and oxygen atoms in total. The highest BCUT2D eigenvalue weighted by Gasteiger charge is 2.17. The Bertz CT molecular complexity index is 688. The van der Waals surface area contributed by atoms with Gasteiger partial charge in [0.1, 0.15) is 17.3 Å². The van der Waals surface area contributed by atoms with E-state index in [1.165, 1.54) is 12.1 Å². The smallest absolute Gasteiger partial charge is 0.375 e. The van der Waals surface area contributed by atoms with Gasteiger partial charge in [0.25, 0.3) is 5.82 Å². The number of carboxylic acids is 1. The van der Waals surface area contributed by atoms with Crippen molar-refractivity contribution in [1.82, 2.24) is 14.8 Å². The van der Waals surface area contributed by atoms with Crippen molar-refractivity contribution >= 4 is 5.97 Å². The van der Waals surface area contributed by atoms with Crippen LogP contribution in [0.2, 0.25) is 0 Å². The molecular weight excluding hydrogens is 251 g/mol. The Morgan fingerprint density at radius 2 is 2.32 bits per heavy atom. The van der Waals surface area contributed by atoms with Crippen LogP contribution in [0.4, 0.5) is 4.39 Å². The molecule has 0 amide bonds. The maximum atomic E-state index is 13.9. The molecule has 2 rings (SSSR count). The van der Waals surface area contributed by atoms with E-state index >= 15 is 0 Å². The Balaban J connectivity index is 2.58. The first-order chi connectivity index (χ1) is 9.06. The van der Waals surface area contributed by atoms with Gasteiger partial charge in [-0.3, -0.25) is 0 Å². The molecule has 1 aromatic carbocycles. The number of hydrogen-bond acceptors (Lipinski definition) is 4. The summed E-state index contributed by atoms with van der Waals surface area (Å²) in [5.74, 6) is -1.99. The lowest BCUT2D eigenvalue weighted by Crippen LogP contribution is -2.05. The summed E-state index contributed by atoms with van der Waals surface area (Å²) in [5, 5.41) is 21.3. The Morgan fingerprint density at radius 3 is 2.84 bits per heavy atom.